The molecule has 2 aliphatic rings. The van der Waals surface area contributed by atoms with Gasteiger partial charge in [-0.1, -0.05) is 19.3 Å². The van der Waals surface area contributed by atoms with Crippen LogP contribution in [0.4, 0.5) is 14.9 Å². The molecule has 6 heteroatoms. The van der Waals surface area contributed by atoms with E-state index in [1.165, 1.54) is 44.4 Å². The van der Waals surface area contributed by atoms with Gasteiger partial charge in [-0.25, -0.2) is 9.18 Å². The second kappa shape index (κ2) is 8.42. The van der Waals surface area contributed by atoms with Crippen molar-refractivity contribution in [3.8, 4) is 0 Å². The molecule has 0 spiro atoms. The summed E-state index contributed by atoms with van der Waals surface area (Å²) in [6, 6.07) is 1.26. The number of anilines is 1. The minimum absolute atomic E-state index is 0.193. The van der Waals surface area contributed by atoms with Crippen LogP contribution in [0.1, 0.15) is 38.5 Å². The topological polar surface area (TPSA) is 48.5 Å². The molecule has 0 aromatic carbocycles. The Labute approximate surface area is 143 Å². The lowest BCUT2D eigenvalue weighted by Gasteiger charge is -2.28. The van der Waals surface area contributed by atoms with Gasteiger partial charge in [0.25, 0.3) is 0 Å². The van der Waals surface area contributed by atoms with E-state index in [0.29, 0.717) is 6.54 Å². The van der Waals surface area contributed by atoms with E-state index in [-0.39, 0.29) is 11.7 Å². The maximum Gasteiger partial charge on any atom is 0.321 e. The zero-order chi connectivity index (χ0) is 16.8. The summed E-state index contributed by atoms with van der Waals surface area (Å²) in [5.74, 6) is 0.324. The van der Waals surface area contributed by atoms with Crippen molar-refractivity contribution < 1.29 is 9.18 Å². The molecule has 1 aliphatic heterocycles. The van der Waals surface area contributed by atoms with Crippen LogP contribution in [0.5, 0.6) is 0 Å². The molecule has 2 fully saturated rings. The van der Waals surface area contributed by atoms with Crippen molar-refractivity contribution in [1.82, 2.24) is 14.8 Å². The van der Waals surface area contributed by atoms with Crippen LogP contribution < -0.4 is 5.32 Å². The maximum atomic E-state index is 13.6. The molecule has 3 rings (SSSR count). The molecule has 24 heavy (non-hydrogen) atoms. The lowest BCUT2D eigenvalue weighted by atomic mass is 9.89. The highest BCUT2D eigenvalue weighted by Gasteiger charge is 2.22. The SMILES string of the molecule is O=C(Nc1ccncc1F)N1CCCN(CC2CCCCC2)CC1. The number of urea groups is 1. The van der Waals surface area contributed by atoms with Crippen molar-refractivity contribution in [1.29, 1.82) is 0 Å². The summed E-state index contributed by atoms with van der Waals surface area (Å²) in [4.78, 5) is 20.4. The first-order chi connectivity index (χ1) is 11.7. The number of hydrogen-bond donors (Lipinski definition) is 1. The first kappa shape index (κ1) is 17.1. The second-order valence-corrected chi connectivity index (χ2v) is 6.93. The van der Waals surface area contributed by atoms with Crippen LogP contribution in [-0.2, 0) is 0 Å². The number of halogens is 1. The molecule has 0 atom stereocenters. The Hall–Kier alpha value is -1.69. The number of rotatable bonds is 3. The third kappa shape index (κ3) is 4.66. The summed E-state index contributed by atoms with van der Waals surface area (Å²) >= 11 is 0. The van der Waals surface area contributed by atoms with E-state index < -0.39 is 5.82 Å². The molecule has 1 saturated carbocycles. The molecule has 1 aliphatic carbocycles. The largest absolute Gasteiger partial charge is 0.323 e. The minimum atomic E-state index is -0.500. The van der Waals surface area contributed by atoms with Crippen molar-refractivity contribution >= 4 is 11.7 Å². The minimum Gasteiger partial charge on any atom is -0.323 e. The first-order valence-electron chi connectivity index (χ1n) is 9.10. The van der Waals surface area contributed by atoms with E-state index in [2.05, 4.69) is 15.2 Å². The third-order valence-corrected chi connectivity index (χ3v) is 5.13. The van der Waals surface area contributed by atoms with Crippen LogP contribution in [0.15, 0.2) is 18.5 Å². The van der Waals surface area contributed by atoms with E-state index in [1.54, 1.807) is 4.90 Å². The Balaban J connectivity index is 1.49. The smallest absolute Gasteiger partial charge is 0.321 e. The van der Waals surface area contributed by atoms with E-state index in [4.69, 9.17) is 0 Å². The molecule has 132 valence electrons. The van der Waals surface area contributed by atoms with Gasteiger partial charge in [0.15, 0.2) is 5.82 Å². The molecule has 1 N–H and O–H groups in total. The number of nitrogens with one attached hydrogen (secondary N) is 1. The van der Waals surface area contributed by atoms with E-state index in [1.807, 2.05) is 0 Å². The lowest BCUT2D eigenvalue weighted by molar-refractivity contribution is 0.197. The molecular formula is C18H27FN4O. The van der Waals surface area contributed by atoms with Crippen molar-refractivity contribution in [2.24, 2.45) is 5.92 Å². The van der Waals surface area contributed by atoms with E-state index in [9.17, 15) is 9.18 Å². The second-order valence-electron chi connectivity index (χ2n) is 6.93. The number of amides is 2. The monoisotopic (exact) mass is 334 g/mol. The Bertz CT molecular complexity index is 548. The van der Waals surface area contributed by atoms with Crippen LogP contribution in [0.25, 0.3) is 0 Å². The number of carbonyl (C=O) groups is 1. The molecular weight excluding hydrogens is 307 g/mol. The Kier molecular flexibility index (Phi) is 6.01. The fourth-order valence-corrected chi connectivity index (χ4v) is 3.76. The van der Waals surface area contributed by atoms with Crippen LogP contribution in [0, 0.1) is 11.7 Å². The quantitative estimate of drug-likeness (QED) is 0.922. The summed E-state index contributed by atoms with van der Waals surface area (Å²) in [7, 11) is 0. The van der Waals surface area contributed by atoms with Gasteiger partial charge in [-0.3, -0.25) is 4.98 Å². The lowest BCUT2D eigenvalue weighted by Crippen LogP contribution is -2.39. The van der Waals surface area contributed by atoms with Gasteiger partial charge in [-0.05, 0) is 37.8 Å². The van der Waals surface area contributed by atoms with E-state index >= 15 is 0 Å². The van der Waals surface area contributed by atoms with Gasteiger partial charge in [-0.2, -0.15) is 0 Å². The molecule has 2 amide bonds. The molecule has 0 radical (unpaired) electrons. The number of nitrogens with zero attached hydrogens (tertiary/aromatic N) is 3. The predicted molar refractivity (Wildman–Crippen MR) is 92.4 cm³/mol. The van der Waals surface area contributed by atoms with Gasteiger partial charge in [0.2, 0.25) is 0 Å². The number of carbonyl (C=O) groups excluding carboxylic acids is 1. The van der Waals surface area contributed by atoms with Crippen LogP contribution in [0.3, 0.4) is 0 Å². The van der Waals surface area contributed by atoms with Gasteiger partial charge in [0, 0.05) is 32.4 Å². The Morgan fingerprint density at radius 1 is 1.17 bits per heavy atom. The summed E-state index contributed by atoms with van der Waals surface area (Å²) < 4.78 is 13.6. The highest BCUT2D eigenvalue weighted by atomic mass is 19.1. The van der Waals surface area contributed by atoms with Crippen molar-refractivity contribution in [2.75, 3.05) is 38.0 Å². The fourth-order valence-electron chi connectivity index (χ4n) is 3.76. The third-order valence-electron chi connectivity index (χ3n) is 5.13. The van der Waals surface area contributed by atoms with Crippen LogP contribution in [0.2, 0.25) is 0 Å². The van der Waals surface area contributed by atoms with Gasteiger partial charge >= 0.3 is 6.03 Å². The summed E-state index contributed by atoms with van der Waals surface area (Å²) in [6.07, 6.45) is 10.4. The number of aromatic nitrogens is 1. The zero-order valence-electron chi connectivity index (χ0n) is 14.2. The van der Waals surface area contributed by atoms with Gasteiger partial charge in [-0.15, -0.1) is 0 Å². The normalized spacial score (nSPS) is 20.6. The first-order valence-corrected chi connectivity index (χ1v) is 9.10. The van der Waals surface area contributed by atoms with Gasteiger partial charge in [0.1, 0.15) is 0 Å². The molecule has 5 nitrogen and oxygen atoms in total. The molecule has 1 aromatic rings. The molecule has 1 saturated heterocycles. The summed E-state index contributed by atoms with van der Waals surface area (Å²) in [6.45, 7) is 4.53. The molecule has 0 bridgehead atoms. The van der Waals surface area contributed by atoms with Crippen molar-refractivity contribution in [3.63, 3.8) is 0 Å². The van der Waals surface area contributed by atoms with Crippen molar-refractivity contribution in [2.45, 2.75) is 38.5 Å². The zero-order valence-corrected chi connectivity index (χ0v) is 14.2. The van der Waals surface area contributed by atoms with Crippen LogP contribution >= 0.6 is 0 Å². The average molecular weight is 334 g/mol. The fraction of sp³-hybridized carbons (Fsp3) is 0.667. The van der Waals surface area contributed by atoms with E-state index in [0.717, 1.165) is 44.7 Å². The van der Waals surface area contributed by atoms with Gasteiger partial charge < -0.3 is 15.1 Å². The molecule has 0 unspecified atom stereocenters. The van der Waals surface area contributed by atoms with Gasteiger partial charge in [0.05, 0.1) is 11.9 Å². The summed E-state index contributed by atoms with van der Waals surface area (Å²) in [5.41, 5.74) is 0.193. The molecule has 1 aromatic heterocycles. The standard InChI is InChI=1S/C18H27FN4O/c19-16-13-20-8-7-17(16)21-18(24)23-10-4-9-22(11-12-23)14-15-5-2-1-3-6-15/h7-8,13,15H,1-6,9-12,14H2,(H,20,21,24). The number of hydrogen-bond acceptors (Lipinski definition) is 3. The predicted octanol–water partition coefficient (Wildman–Crippen LogP) is 3.34. The molecule has 2 heterocycles. The average Bonchev–Trinajstić information content (AvgIpc) is 2.83. The highest BCUT2D eigenvalue weighted by Crippen LogP contribution is 2.24. The Morgan fingerprint density at radius 2 is 2.00 bits per heavy atom. The van der Waals surface area contributed by atoms with Crippen LogP contribution in [-0.4, -0.2) is 53.5 Å². The highest BCUT2D eigenvalue weighted by molar-refractivity contribution is 5.89. The van der Waals surface area contributed by atoms with Crippen molar-refractivity contribution in [3.05, 3.63) is 24.3 Å². The Morgan fingerprint density at radius 3 is 2.79 bits per heavy atom. The summed E-state index contributed by atoms with van der Waals surface area (Å²) in [5, 5.41) is 2.66. The maximum absolute atomic E-state index is 13.6. The number of pyridine rings is 1.